The van der Waals surface area contributed by atoms with E-state index in [2.05, 4.69) is 196 Å². The van der Waals surface area contributed by atoms with Gasteiger partial charge in [-0.25, -0.2) is 15.0 Å². The molecular weight excluding hydrogens is 761 g/mol. The molecule has 5 heteroatoms. The van der Waals surface area contributed by atoms with Gasteiger partial charge in [-0.1, -0.05) is 136 Å². The minimum absolute atomic E-state index is 0.628. The fourth-order valence-electron chi connectivity index (χ4n) is 8.41. The largest absolute Gasteiger partial charge is 0.310 e. The van der Waals surface area contributed by atoms with Crippen molar-refractivity contribution in [2.75, 3.05) is 4.90 Å². The van der Waals surface area contributed by atoms with Crippen LogP contribution in [0.25, 0.3) is 87.4 Å². The molecule has 0 bridgehead atoms. The van der Waals surface area contributed by atoms with Gasteiger partial charge in [-0.05, 0) is 109 Å². The fourth-order valence-corrected chi connectivity index (χ4v) is 9.54. The molecule has 0 radical (unpaired) electrons. The summed E-state index contributed by atoms with van der Waals surface area (Å²) in [6.45, 7) is 12.4. The molecule has 0 aliphatic heterocycles. The Balaban J connectivity index is 0.00000235. The van der Waals surface area contributed by atoms with E-state index in [-0.39, 0.29) is 0 Å². The molecule has 0 fully saturated rings. The average Bonchev–Trinajstić information content (AvgIpc) is 3.67. The lowest BCUT2D eigenvalue weighted by molar-refractivity contribution is 1.08. The fraction of sp³-hybridized carbons (Fsp3) is 0.125. The zero-order chi connectivity index (χ0) is 42.0. The maximum atomic E-state index is 5.40. The highest BCUT2D eigenvalue weighted by Crippen LogP contribution is 2.42. The van der Waals surface area contributed by atoms with Crippen molar-refractivity contribution in [1.82, 2.24) is 15.0 Å². The predicted octanol–water partition coefficient (Wildman–Crippen LogP) is 16.6. The van der Waals surface area contributed by atoms with Crippen LogP contribution in [-0.2, 0) is 0 Å². The Morgan fingerprint density at radius 2 is 1.11 bits per heavy atom. The summed E-state index contributed by atoms with van der Waals surface area (Å²) in [7, 11) is 0. The number of nitrogens with zero attached hydrogens (tertiary/aromatic N) is 4. The summed E-state index contributed by atoms with van der Waals surface area (Å²) in [5, 5.41) is 9.61. The Kier molecular flexibility index (Phi) is 11.0. The number of allylic oxidation sites excluding steroid dienone is 2. The van der Waals surface area contributed by atoms with E-state index < -0.39 is 0 Å². The van der Waals surface area contributed by atoms with Crippen LogP contribution < -0.4 is 4.90 Å². The van der Waals surface area contributed by atoms with Crippen molar-refractivity contribution in [1.29, 1.82) is 0 Å². The Hall–Kier alpha value is -6.95. The van der Waals surface area contributed by atoms with E-state index >= 15 is 0 Å². The van der Waals surface area contributed by atoms with Gasteiger partial charge in [-0.2, -0.15) is 0 Å². The van der Waals surface area contributed by atoms with Crippen molar-refractivity contribution in [3.8, 4) is 22.8 Å². The van der Waals surface area contributed by atoms with Crippen LogP contribution in [0.2, 0.25) is 0 Å². The van der Waals surface area contributed by atoms with Crippen LogP contribution in [0.15, 0.2) is 158 Å². The molecule has 7 aromatic carbocycles. The van der Waals surface area contributed by atoms with Crippen LogP contribution in [0, 0.1) is 13.8 Å². The van der Waals surface area contributed by atoms with Crippen molar-refractivity contribution in [3.63, 3.8) is 0 Å². The lowest BCUT2D eigenvalue weighted by atomic mass is 9.98. The van der Waals surface area contributed by atoms with E-state index in [1.807, 2.05) is 32.1 Å². The maximum Gasteiger partial charge on any atom is 0.179 e. The van der Waals surface area contributed by atoms with E-state index in [1.165, 1.54) is 47.1 Å². The van der Waals surface area contributed by atoms with Gasteiger partial charge in [0.2, 0.25) is 0 Å². The first-order valence-corrected chi connectivity index (χ1v) is 22.1. The summed E-state index contributed by atoms with van der Waals surface area (Å²) in [5.41, 5.74) is 9.96. The number of pyridine rings is 1. The van der Waals surface area contributed by atoms with Gasteiger partial charge < -0.3 is 4.90 Å². The third-order valence-electron chi connectivity index (χ3n) is 11.3. The molecule has 10 aromatic rings. The monoisotopic (exact) mass is 808 g/mol. The molecule has 3 aromatic heterocycles. The summed E-state index contributed by atoms with van der Waals surface area (Å²) in [5.74, 6) is 0.628. The topological polar surface area (TPSA) is 41.9 Å². The van der Waals surface area contributed by atoms with Gasteiger partial charge in [0.25, 0.3) is 0 Å². The highest BCUT2D eigenvalue weighted by atomic mass is 32.1. The molecule has 0 atom stereocenters. The standard InChI is InChI=1S/C54H42N4S.C2H6/c1-5-7-19-44-34(3)55-53(49-33-51-48(32-47(44)49)46-20-12-13-21-50(46)59-51)54-56-35(4)45(14-6-2)52(57-54)38-24-26-41(27-25-38)58(42-28-22-36-15-8-10-17-39(36)30-42)43-29-23-37-16-9-11-18-40(37)31-43;1-2/h6-33H,5H2,1-4H3;1-2H3/b14-6-,19-7-;. The van der Waals surface area contributed by atoms with Gasteiger partial charge >= 0.3 is 0 Å². The van der Waals surface area contributed by atoms with Gasteiger partial charge in [0, 0.05) is 70.7 Å². The van der Waals surface area contributed by atoms with Gasteiger partial charge in [-0.3, -0.25) is 0 Å². The Labute approximate surface area is 362 Å². The molecule has 3 heterocycles. The SMILES string of the molecule is C/C=C\c1c(C)nc(-c2nc(C)c(/C=C\CC)c3cc4c(cc23)sc2ccccc24)nc1-c1ccc(N(c2ccc3ccccc3c2)c2ccc3ccccc3c2)cc1.CC. The molecule has 4 nitrogen and oxygen atoms in total. The van der Waals surface area contributed by atoms with E-state index in [4.69, 9.17) is 15.0 Å². The quantitative estimate of drug-likeness (QED) is 0.153. The van der Waals surface area contributed by atoms with Gasteiger partial charge in [0.05, 0.1) is 5.69 Å². The first-order chi connectivity index (χ1) is 30.0. The second-order valence-electron chi connectivity index (χ2n) is 15.1. The van der Waals surface area contributed by atoms with E-state index in [9.17, 15) is 0 Å². The zero-order valence-corrected chi connectivity index (χ0v) is 36.4. The highest BCUT2D eigenvalue weighted by Gasteiger charge is 2.21. The Morgan fingerprint density at radius 1 is 0.508 bits per heavy atom. The molecule has 0 saturated heterocycles. The number of aryl methyl sites for hydroxylation is 2. The summed E-state index contributed by atoms with van der Waals surface area (Å²) in [4.78, 5) is 18.2. The van der Waals surface area contributed by atoms with Crippen LogP contribution in [0.4, 0.5) is 17.1 Å². The van der Waals surface area contributed by atoms with Crippen LogP contribution in [0.1, 0.15) is 56.6 Å². The maximum absolute atomic E-state index is 5.40. The van der Waals surface area contributed by atoms with E-state index in [0.717, 1.165) is 68.3 Å². The summed E-state index contributed by atoms with van der Waals surface area (Å²) in [6.07, 6.45) is 9.58. The number of hydrogen-bond donors (Lipinski definition) is 0. The highest BCUT2D eigenvalue weighted by molar-refractivity contribution is 7.25. The molecule has 10 rings (SSSR count). The molecular formula is C56H48N4S. The lowest BCUT2D eigenvalue weighted by Gasteiger charge is -2.26. The van der Waals surface area contributed by atoms with E-state index in [1.54, 1.807) is 0 Å². The molecule has 0 unspecified atom stereocenters. The smallest absolute Gasteiger partial charge is 0.179 e. The van der Waals surface area contributed by atoms with Crippen LogP contribution in [0.5, 0.6) is 0 Å². The molecule has 0 spiro atoms. The molecule has 0 saturated carbocycles. The molecule has 61 heavy (non-hydrogen) atoms. The zero-order valence-electron chi connectivity index (χ0n) is 35.6. The molecule has 0 aliphatic carbocycles. The lowest BCUT2D eigenvalue weighted by Crippen LogP contribution is -2.10. The van der Waals surface area contributed by atoms with Crippen LogP contribution in [0.3, 0.4) is 0 Å². The average molecular weight is 809 g/mol. The normalized spacial score (nSPS) is 11.7. The van der Waals surface area contributed by atoms with Gasteiger partial charge in [0.15, 0.2) is 5.82 Å². The number of rotatable bonds is 8. The third-order valence-corrected chi connectivity index (χ3v) is 12.4. The van der Waals surface area contributed by atoms with Crippen molar-refractivity contribution in [2.24, 2.45) is 0 Å². The van der Waals surface area contributed by atoms with Crippen LogP contribution in [-0.4, -0.2) is 15.0 Å². The minimum atomic E-state index is 0.628. The molecule has 0 aliphatic rings. The van der Waals surface area contributed by atoms with Gasteiger partial charge in [0.1, 0.15) is 5.69 Å². The second-order valence-corrected chi connectivity index (χ2v) is 16.2. The summed E-state index contributed by atoms with van der Waals surface area (Å²) < 4.78 is 2.51. The van der Waals surface area contributed by atoms with Gasteiger partial charge in [-0.15, -0.1) is 11.3 Å². The first kappa shape index (κ1) is 39.5. The number of fused-ring (bicyclic) bond motifs is 6. The number of benzene rings is 7. The molecule has 298 valence electrons. The minimum Gasteiger partial charge on any atom is -0.310 e. The summed E-state index contributed by atoms with van der Waals surface area (Å²) in [6, 6.07) is 52.6. The van der Waals surface area contributed by atoms with Crippen molar-refractivity contribution in [2.45, 2.75) is 48.0 Å². The van der Waals surface area contributed by atoms with E-state index in [0.29, 0.717) is 5.82 Å². The second kappa shape index (κ2) is 17.0. The number of aromatic nitrogens is 3. The number of thiophene rings is 1. The summed E-state index contributed by atoms with van der Waals surface area (Å²) >= 11 is 1.82. The third kappa shape index (κ3) is 7.36. The number of hydrogen-bond acceptors (Lipinski definition) is 5. The van der Waals surface area contributed by atoms with Crippen molar-refractivity contribution >= 4 is 93.0 Å². The Bertz CT molecular complexity index is 3220. The molecule has 0 N–H and O–H groups in total. The Morgan fingerprint density at radius 3 is 1.77 bits per heavy atom. The van der Waals surface area contributed by atoms with Crippen molar-refractivity contribution < 1.29 is 0 Å². The van der Waals surface area contributed by atoms with Crippen LogP contribution >= 0.6 is 11.3 Å². The van der Waals surface area contributed by atoms with Crippen molar-refractivity contribution in [3.05, 3.63) is 180 Å². The number of anilines is 3. The first-order valence-electron chi connectivity index (χ1n) is 21.3. The molecule has 0 amide bonds. The predicted molar refractivity (Wildman–Crippen MR) is 266 cm³/mol.